The fraction of sp³-hybridized carbons (Fsp3) is 0.0833. The summed E-state index contributed by atoms with van der Waals surface area (Å²) in [6, 6.07) is 6.42. The third-order valence-corrected chi connectivity index (χ3v) is 2.36. The molecule has 18 heavy (non-hydrogen) atoms. The fourth-order valence-corrected chi connectivity index (χ4v) is 1.54. The van der Waals surface area contributed by atoms with Gasteiger partial charge in [-0.1, -0.05) is 23.7 Å². The van der Waals surface area contributed by atoms with Gasteiger partial charge in [-0.3, -0.25) is 9.78 Å². The van der Waals surface area contributed by atoms with Crippen molar-refractivity contribution in [2.24, 2.45) is 0 Å². The first-order valence-corrected chi connectivity index (χ1v) is 5.56. The summed E-state index contributed by atoms with van der Waals surface area (Å²) in [7, 11) is 0. The van der Waals surface area contributed by atoms with E-state index in [-0.39, 0.29) is 23.2 Å². The van der Waals surface area contributed by atoms with Gasteiger partial charge in [-0.15, -0.1) is 0 Å². The van der Waals surface area contributed by atoms with Crippen LogP contribution in [0.1, 0.15) is 5.56 Å². The first-order chi connectivity index (χ1) is 8.63. The Morgan fingerprint density at radius 1 is 1.28 bits per heavy atom. The quantitative estimate of drug-likeness (QED) is 0.888. The molecule has 0 atom stereocenters. The van der Waals surface area contributed by atoms with Crippen LogP contribution in [0, 0.1) is 0 Å². The van der Waals surface area contributed by atoms with Gasteiger partial charge in [0.1, 0.15) is 10.9 Å². The van der Waals surface area contributed by atoms with Crippen molar-refractivity contribution in [2.45, 2.75) is 6.42 Å². The van der Waals surface area contributed by atoms with Gasteiger partial charge in [0.2, 0.25) is 5.91 Å². The highest BCUT2D eigenvalue weighted by molar-refractivity contribution is 6.29. The maximum absolute atomic E-state index is 11.7. The van der Waals surface area contributed by atoms with Gasteiger partial charge in [0.05, 0.1) is 18.8 Å². The van der Waals surface area contributed by atoms with E-state index < -0.39 is 0 Å². The molecule has 0 spiro atoms. The smallest absolute Gasteiger partial charge is 0.229 e. The third-order valence-electron chi connectivity index (χ3n) is 2.17. The Hall–Kier alpha value is -2.14. The van der Waals surface area contributed by atoms with Crippen LogP contribution >= 0.6 is 11.6 Å². The summed E-state index contributed by atoms with van der Waals surface area (Å²) < 4.78 is 0. The lowest BCUT2D eigenvalue weighted by Gasteiger charge is -2.04. The minimum absolute atomic E-state index is 0.167. The Kier molecular flexibility index (Phi) is 3.74. The monoisotopic (exact) mass is 263 g/mol. The van der Waals surface area contributed by atoms with E-state index in [1.54, 1.807) is 12.1 Å². The van der Waals surface area contributed by atoms with E-state index in [4.69, 9.17) is 16.7 Å². The van der Waals surface area contributed by atoms with Crippen LogP contribution in [0.15, 0.2) is 36.7 Å². The molecule has 0 radical (unpaired) electrons. The highest BCUT2D eigenvalue weighted by Gasteiger charge is 2.05. The second-order valence-corrected chi connectivity index (χ2v) is 4.01. The standard InChI is InChI=1S/C12H10ClN3O2/c13-10-6-14-7-11(15-10)16-12(18)5-8-1-3-9(17)4-2-8/h1-4,6-7,17H,5H2,(H,15,16,18). The molecule has 92 valence electrons. The van der Waals surface area contributed by atoms with Crippen LogP contribution in [0.4, 0.5) is 5.82 Å². The Labute approximate surface area is 108 Å². The maximum atomic E-state index is 11.7. The van der Waals surface area contributed by atoms with Crippen LogP contribution in [-0.4, -0.2) is 21.0 Å². The van der Waals surface area contributed by atoms with Crippen molar-refractivity contribution in [3.05, 3.63) is 47.4 Å². The number of carbonyl (C=O) groups is 1. The number of anilines is 1. The predicted molar refractivity (Wildman–Crippen MR) is 67.5 cm³/mol. The van der Waals surface area contributed by atoms with Crippen LogP contribution in [-0.2, 0) is 11.2 Å². The topological polar surface area (TPSA) is 75.1 Å². The molecular formula is C12H10ClN3O2. The van der Waals surface area contributed by atoms with Gasteiger partial charge < -0.3 is 10.4 Å². The Morgan fingerprint density at radius 2 is 2.00 bits per heavy atom. The zero-order valence-corrected chi connectivity index (χ0v) is 10.1. The molecule has 0 saturated carbocycles. The van der Waals surface area contributed by atoms with Gasteiger partial charge in [-0.25, -0.2) is 4.98 Å². The number of nitrogens with zero attached hydrogens (tertiary/aromatic N) is 2. The van der Waals surface area contributed by atoms with Gasteiger partial charge in [0.15, 0.2) is 5.82 Å². The first kappa shape index (κ1) is 12.3. The van der Waals surface area contributed by atoms with Crippen molar-refractivity contribution in [1.82, 2.24) is 9.97 Å². The molecule has 1 amide bonds. The molecule has 1 aromatic carbocycles. The molecule has 0 aliphatic heterocycles. The molecule has 2 aromatic rings. The molecule has 5 nitrogen and oxygen atoms in total. The van der Waals surface area contributed by atoms with E-state index in [0.717, 1.165) is 5.56 Å². The molecule has 0 aliphatic rings. The van der Waals surface area contributed by atoms with Crippen LogP contribution in [0.5, 0.6) is 5.75 Å². The SMILES string of the molecule is O=C(Cc1ccc(O)cc1)Nc1cncc(Cl)n1. The van der Waals surface area contributed by atoms with E-state index in [0.29, 0.717) is 5.82 Å². The molecule has 0 unspecified atom stereocenters. The van der Waals surface area contributed by atoms with Crippen molar-refractivity contribution in [2.75, 3.05) is 5.32 Å². The average Bonchev–Trinajstić information content (AvgIpc) is 2.32. The molecule has 2 rings (SSSR count). The highest BCUT2D eigenvalue weighted by Crippen LogP contribution is 2.11. The number of phenols is 1. The predicted octanol–water partition coefficient (Wildman–Crippen LogP) is 2.02. The number of phenolic OH excluding ortho intramolecular Hbond substituents is 1. The minimum atomic E-state index is -0.225. The number of benzene rings is 1. The number of halogens is 1. The summed E-state index contributed by atoms with van der Waals surface area (Å²) in [6.07, 6.45) is 2.99. The number of rotatable bonds is 3. The molecule has 6 heteroatoms. The Bertz CT molecular complexity index is 558. The Balaban J connectivity index is 1.98. The van der Waals surface area contributed by atoms with E-state index in [9.17, 15) is 4.79 Å². The summed E-state index contributed by atoms with van der Waals surface area (Å²) in [5.41, 5.74) is 0.792. The van der Waals surface area contributed by atoms with Crippen molar-refractivity contribution >= 4 is 23.3 Å². The van der Waals surface area contributed by atoms with Gasteiger partial charge in [0, 0.05) is 0 Å². The van der Waals surface area contributed by atoms with Crippen molar-refractivity contribution < 1.29 is 9.90 Å². The molecular weight excluding hydrogens is 254 g/mol. The molecule has 0 bridgehead atoms. The van der Waals surface area contributed by atoms with Gasteiger partial charge >= 0.3 is 0 Å². The van der Waals surface area contributed by atoms with E-state index in [2.05, 4.69) is 15.3 Å². The van der Waals surface area contributed by atoms with Crippen LogP contribution in [0.25, 0.3) is 0 Å². The second kappa shape index (κ2) is 5.46. The van der Waals surface area contributed by atoms with E-state index in [1.807, 2.05) is 0 Å². The largest absolute Gasteiger partial charge is 0.508 e. The molecule has 1 heterocycles. The van der Waals surface area contributed by atoms with Crippen LogP contribution < -0.4 is 5.32 Å². The summed E-state index contributed by atoms with van der Waals surface area (Å²) in [5.74, 6) is 0.253. The van der Waals surface area contributed by atoms with Gasteiger partial charge in [-0.2, -0.15) is 0 Å². The van der Waals surface area contributed by atoms with Crippen molar-refractivity contribution in [1.29, 1.82) is 0 Å². The number of nitrogens with one attached hydrogen (secondary N) is 1. The fourth-order valence-electron chi connectivity index (χ4n) is 1.39. The zero-order valence-electron chi connectivity index (χ0n) is 9.30. The number of hydrogen-bond donors (Lipinski definition) is 2. The number of hydrogen-bond acceptors (Lipinski definition) is 4. The summed E-state index contributed by atoms with van der Waals surface area (Å²) in [4.78, 5) is 19.4. The molecule has 0 fully saturated rings. The van der Waals surface area contributed by atoms with E-state index in [1.165, 1.54) is 24.5 Å². The number of carbonyl (C=O) groups excluding carboxylic acids is 1. The Morgan fingerprint density at radius 3 is 2.67 bits per heavy atom. The highest BCUT2D eigenvalue weighted by atomic mass is 35.5. The second-order valence-electron chi connectivity index (χ2n) is 3.62. The lowest BCUT2D eigenvalue weighted by atomic mass is 10.1. The number of amides is 1. The summed E-state index contributed by atoms with van der Waals surface area (Å²) in [5, 5.41) is 11.9. The lowest BCUT2D eigenvalue weighted by molar-refractivity contribution is -0.115. The van der Waals surface area contributed by atoms with Gasteiger partial charge in [-0.05, 0) is 17.7 Å². The summed E-state index contributed by atoms with van der Waals surface area (Å²) in [6.45, 7) is 0. The summed E-state index contributed by atoms with van der Waals surface area (Å²) >= 11 is 5.65. The van der Waals surface area contributed by atoms with Crippen molar-refractivity contribution in [3.63, 3.8) is 0 Å². The maximum Gasteiger partial charge on any atom is 0.229 e. The van der Waals surface area contributed by atoms with E-state index >= 15 is 0 Å². The normalized spacial score (nSPS) is 10.1. The number of aromatic hydroxyl groups is 1. The van der Waals surface area contributed by atoms with Crippen molar-refractivity contribution in [3.8, 4) is 5.75 Å². The van der Waals surface area contributed by atoms with Crippen LogP contribution in [0.2, 0.25) is 5.15 Å². The average molecular weight is 264 g/mol. The lowest BCUT2D eigenvalue weighted by Crippen LogP contribution is -2.15. The molecule has 2 N–H and O–H groups in total. The zero-order chi connectivity index (χ0) is 13.0. The minimum Gasteiger partial charge on any atom is -0.508 e. The van der Waals surface area contributed by atoms with Gasteiger partial charge in [0.25, 0.3) is 0 Å². The van der Waals surface area contributed by atoms with Crippen LogP contribution in [0.3, 0.4) is 0 Å². The number of aromatic nitrogens is 2. The third kappa shape index (κ3) is 3.43. The first-order valence-electron chi connectivity index (χ1n) is 5.19. The molecule has 0 aliphatic carbocycles. The molecule has 0 saturated heterocycles. The molecule has 1 aromatic heterocycles.